The van der Waals surface area contributed by atoms with E-state index in [4.69, 9.17) is 0 Å². The van der Waals surface area contributed by atoms with E-state index in [0.717, 1.165) is 30.6 Å². The second-order valence-electron chi connectivity index (χ2n) is 3.50. The van der Waals surface area contributed by atoms with Crippen molar-refractivity contribution in [3.8, 4) is 0 Å². The lowest BCUT2D eigenvalue weighted by Gasteiger charge is -2.11. The second kappa shape index (κ2) is 16.1. The van der Waals surface area contributed by atoms with E-state index in [2.05, 4.69) is 29.1 Å². The van der Waals surface area contributed by atoms with E-state index in [-0.39, 0.29) is 24.0 Å². The lowest BCUT2D eigenvalue weighted by Crippen LogP contribution is -2.38. The summed E-state index contributed by atoms with van der Waals surface area (Å²) in [6.45, 7) is 7.86. The predicted molar refractivity (Wildman–Crippen MR) is 91.8 cm³/mol. The third-order valence-corrected chi connectivity index (χ3v) is 3.04. The highest BCUT2D eigenvalue weighted by molar-refractivity contribution is 14.0. The molecule has 2 N–H and O–H groups in total. The van der Waals surface area contributed by atoms with Crippen LogP contribution < -0.4 is 10.6 Å². The van der Waals surface area contributed by atoms with Crippen LogP contribution in [0.2, 0.25) is 0 Å². The summed E-state index contributed by atoms with van der Waals surface area (Å²) in [6.07, 6.45) is 5.68. The summed E-state index contributed by atoms with van der Waals surface area (Å²) in [7, 11) is 1.81. The molecule has 0 unspecified atom stereocenters. The fourth-order valence-corrected chi connectivity index (χ4v) is 1.79. The third kappa shape index (κ3) is 14.0. The Morgan fingerprint density at radius 3 is 2.59 bits per heavy atom. The molecule has 102 valence electrons. The monoisotopic (exact) mass is 371 g/mol. The molecule has 0 rings (SSSR count). The smallest absolute Gasteiger partial charge is 0.191 e. The standard InChI is InChI=1S/C12H25N3S.HI/c1-4-6-7-8-14-12(13-3)15-9-11-16-10-5-2;/h5H,2,4,6-11H2,1,3H3,(H2,13,14,15);1H. The van der Waals surface area contributed by atoms with Crippen molar-refractivity contribution in [2.24, 2.45) is 4.99 Å². The van der Waals surface area contributed by atoms with E-state index in [1.165, 1.54) is 19.3 Å². The van der Waals surface area contributed by atoms with Crippen molar-refractivity contribution >= 4 is 41.7 Å². The first-order valence-electron chi connectivity index (χ1n) is 5.98. The van der Waals surface area contributed by atoms with Gasteiger partial charge in [-0.05, 0) is 6.42 Å². The average Bonchev–Trinajstić information content (AvgIpc) is 2.31. The minimum Gasteiger partial charge on any atom is -0.356 e. The molecule has 0 atom stereocenters. The summed E-state index contributed by atoms with van der Waals surface area (Å²) in [4.78, 5) is 4.17. The third-order valence-electron chi connectivity index (χ3n) is 2.07. The van der Waals surface area contributed by atoms with Crippen LogP contribution in [-0.4, -0.2) is 37.6 Å². The molecular formula is C12H26IN3S. The minimum atomic E-state index is 0. The highest BCUT2D eigenvalue weighted by Gasteiger charge is 1.95. The predicted octanol–water partition coefficient (Wildman–Crippen LogP) is 2.88. The zero-order chi connectivity index (χ0) is 12.1. The number of aliphatic imine (C=N–C) groups is 1. The molecule has 0 fully saturated rings. The zero-order valence-corrected chi connectivity index (χ0v) is 14.1. The SMILES string of the molecule is C=CCSCCNC(=NC)NCCCCC.I. The molecule has 0 saturated carbocycles. The molecule has 3 nitrogen and oxygen atoms in total. The molecular weight excluding hydrogens is 345 g/mol. The number of unbranched alkanes of at least 4 members (excludes halogenated alkanes) is 2. The fraction of sp³-hybridized carbons (Fsp3) is 0.750. The summed E-state index contributed by atoms with van der Waals surface area (Å²) in [5, 5.41) is 6.59. The van der Waals surface area contributed by atoms with Crippen LogP contribution in [0, 0.1) is 0 Å². The average molecular weight is 371 g/mol. The fourth-order valence-electron chi connectivity index (χ4n) is 1.21. The van der Waals surface area contributed by atoms with Gasteiger partial charge >= 0.3 is 0 Å². The number of guanidine groups is 1. The van der Waals surface area contributed by atoms with Gasteiger partial charge in [0.05, 0.1) is 0 Å². The van der Waals surface area contributed by atoms with Crippen molar-refractivity contribution in [3.05, 3.63) is 12.7 Å². The Morgan fingerprint density at radius 2 is 2.00 bits per heavy atom. The van der Waals surface area contributed by atoms with Crippen molar-refractivity contribution in [1.29, 1.82) is 0 Å². The molecule has 0 radical (unpaired) electrons. The minimum absolute atomic E-state index is 0. The van der Waals surface area contributed by atoms with Crippen LogP contribution >= 0.6 is 35.7 Å². The Kier molecular flexibility index (Phi) is 18.4. The van der Waals surface area contributed by atoms with E-state index >= 15 is 0 Å². The summed E-state index contributed by atoms with van der Waals surface area (Å²) in [6, 6.07) is 0. The van der Waals surface area contributed by atoms with E-state index in [1.54, 1.807) is 0 Å². The first kappa shape index (κ1) is 19.4. The summed E-state index contributed by atoms with van der Waals surface area (Å²) < 4.78 is 0. The van der Waals surface area contributed by atoms with Gasteiger partial charge in [-0.3, -0.25) is 4.99 Å². The Morgan fingerprint density at radius 1 is 1.29 bits per heavy atom. The number of halogens is 1. The highest BCUT2D eigenvalue weighted by atomic mass is 127. The molecule has 0 aliphatic carbocycles. The quantitative estimate of drug-likeness (QED) is 0.215. The van der Waals surface area contributed by atoms with Gasteiger partial charge in [0, 0.05) is 31.6 Å². The summed E-state index contributed by atoms with van der Waals surface area (Å²) >= 11 is 1.87. The van der Waals surface area contributed by atoms with Crippen molar-refractivity contribution in [1.82, 2.24) is 10.6 Å². The van der Waals surface area contributed by atoms with Gasteiger partial charge in [0.1, 0.15) is 0 Å². The largest absolute Gasteiger partial charge is 0.356 e. The molecule has 0 amide bonds. The molecule has 0 aromatic carbocycles. The first-order chi connectivity index (χ1) is 7.85. The maximum absolute atomic E-state index is 4.17. The van der Waals surface area contributed by atoms with Gasteiger partial charge in [-0.25, -0.2) is 0 Å². The Balaban J connectivity index is 0. The van der Waals surface area contributed by atoms with E-state index in [1.807, 2.05) is 24.9 Å². The molecule has 0 aromatic rings. The molecule has 17 heavy (non-hydrogen) atoms. The van der Waals surface area contributed by atoms with Crippen LogP contribution in [0.1, 0.15) is 26.2 Å². The Bertz CT molecular complexity index is 198. The molecule has 0 spiro atoms. The summed E-state index contributed by atoms with van der Waals surface area (Å²) in [5.74, 6) is 3.02. The van der Waals surface area contributed by atoms with Crippen LogP contribution in [0.25, 0.3) is 0 Å². The summed E-state index contributed by atoms with van der Waals surface area (Å²) in [5.41, 5.74) is 0. The number of thioether (sulfide) groups is 1. The van der Waals surface area contributed by atoms with Gasteiger partial charge in [0.25, 0.3) is 0 Å². The number of hydrogen-bond donors (Lipinski definition) is 2. The Hall–Kier alpha value is 0.0900. The molecule has 0 heterocycles. The van der Waals surface area contributed by atoms with Crippen molar-refractivity contribution in [2.45, 2.75) is 26.2 Å². The van der Waals surface area contributed by atoms with Gasteiger partial charge in [0.2, 0.25) is 0 Å². The van der Waals surface area contributed by atoms with Gasteiger partial charge in [-0.2, -0.15) is 11.8 Å². The molecule has 0 aromatic heterocycles. The molecule has 0 aliphatic rings. The normalized spacial score (nSPS) is 10.6. The molecule has 0 aliphatic heterocycles. The number of hydrogen-bond acceptors (Lipinski definition) is 2. The molecule has 5 heteroatoms. The maximum Gasteiger partial charge on any atom is 0.191 e. The topological polar surface area (TPSA) is 36.4 Å². The van der Waals surface area contributed by atoms with E-state index in [9.17, 15) is 0 Å². The Labute approximate surface area is 127 Å². The van der Waals surface area contributed by atoms with Crippen LogP contribution in [0.3, 0.4) is 0 Å². The number of nitrogens with one attached hydrogen (secondary N) is 2. The molecule has 0 bridgehead atoms. The van der Waals surface area contributed by atoms with Gasteiger partial charge in [-0.1, -0.05) is 25.8 Å². The van der Waals surface area contributed by atoms with Gasteiger partial charge in [0.15, 0.2) is 5.96 Å². The zero-order valence-electron chi connectivity index (χ0n) is 11.0. The molecule has 0 saturated heterocycles. The second-order valence-corrected chi connectivity index (χ2v) is 4.65. The maximum atomic E-state index is 4.17. The van der Waals surface area contributed by atoms with Crippen LogP contribution in [0.15, 0.2) is 17.6 Å². The van der Waals surface area contributed by atoms with Crippen molar-refractivity contribution < 1.29 is 0 Å². The number of nitrogens with zero attached hydrogens (tertiary/aromatic N) is 1. The van der Waals surface area contributed by atoms with Gasteiger partial charge < -0.3 is 10.6 Å². The van der Waals surface area contributed by atoms with Crippen molar-refractivity contribution in [3.63, 3.8) is 0 Å². The van der Waals surface area contributed by atoms with E-state index < -0.39 is 0 Å². The van der Waals surface area contributed by atoms with Crippen LogP contribution in [0.5, 0.6) is 0 Å². The lowest BCUT2D eigenvalue weighted by atomic mass is 10.2. The van der Waals surface area contributed by atoms with E-state index in [0.29, 0.717) is 0 Å². The van der Waals surface area contributed by atoms with Crippen LogP contribution in [-0.2, 0) is 0 Å². The van der Waals surface area contributed by atoms with Crippen molar-refractivity contribution in [2.75, 3.05) is 31.6 Å². The number of rotatable bonds is 9. The van der Waals surface area contributed by atoms with Crippen LogP contribution in [0.4, 0.5) is 0 Å². The first-order valence-corrected chi connectivity index (χ1v) is 7.13. The van der Waals surface area contributed by atoms with Gasteiger partial charge in [-0.15, -0.1) is 30.6 Å². The lowest BCUT2D eigenvalue weighted by molar-refractivity contribution is 0.685. The highest BCUT2D eigenvalue weighted by Crippen LogP contribution is 1.96.